The molecular formula is C24H23FN2O4. The van der Waals surface area contributed by atoms with Gasteiger partial charge in [0.2, 0.25) is 5.91 Å². The molecular weight excluding hydrogens is 399 g/mol. The van der Waals surface area contributed by atoms with Crippen LogP contribution in [0.1, 0.15) is 21.5 Å². The highest BCUT2D eigenvalue weighted by Crippen LogP contribution is 2.28. The molecule has 0 spiro atoms. The van der Waals surface area contributed by atoms with Gasteiger partial charge in [0.1, 0.15) is 12.4 Å². The van der Waals surface area contributed by atoms with E-state index in [1.807, 2.05) is 36.4 Å². The van der Waals surface area contributed by atoms with Gasteiger partial charge in [-0.1, -0.05) is 36.4 Å². The van der Waals surface area contributed by atoms with Crippen molar-refractivity contribution in [3.05, 3.63) is 95.3 Å². The molecule has 3 rings (SSSR count). The topological polar surface area (TPSA) is 76.7 Å². The molecule has 0 atom stereocenters. The summed E-state index contributed by atoms with van der Waals surface area (Å²) < 4.78 is 24.1. The minimum atomic E-state index is -0.447. The molecule has 6 nitrogen and oxygen atoms in total. The highest BCUT2D eigenvalue weighted by molar-refractivity contribution is 5.96. The number of halogens is 1. The van der Waals surface area contributed by atoms with Crippen molar-refractivity contribution in [2.24, 2.45) is 0 Å². The van der Waals surface area contributed by atoms with Crippen molar-refractivity contribution >= 4 is 11.8 Å². The van der Waals surface area contributed by atoms with Gasteiger partial charge in [-0.15, -0.1) is 0 Å². The summed E-state index contributed by atoms with van der Waals surface area (Å²) in [5.41, 5.74) is 2.15. The van der Waals surface area contributed by atoms with Crippen molar-refractivity contribution in [1.82, 2.24) is 10.6 Å². The first-order valence-corrected chi connectivity index (χ1v) is 9.69. The van der Waals surface area contributed by atoms with Crippen molar-refractivity contribution in [1.29, 1.82) is 0 Å². The Kier molecular flexibility index (Phi) is 7.59. The first-order valence-electron chi connectivity index (χ1n) is 9.69. The van der Waals surface area contributed by atoms with Gasteiger partial charge in [0.05, 0.1) is 13.7 Å². The van der Waals surface area contributed by atoms with Gasteiger partial charge in [0.15, 0.2) is 11.5 Å². The van der Waals surface area contributed by atoms with E-state index in [2.05, 4.69) is 10.6 Å². The highest BCUT2D eigenvalue weighted by atomic mass is 19.1. The molecule has 2 N–H and O–H groups in total. The molecule has 0 unspecified atom stereocenters. The zero-order valence-corrected chi connectivity index (χ0v) is 17.1. The predicted octanol–water partition coefficient (Wildman–Crippen LogP) is 3.46. The molecule has 0 heterocycles. The first kappa shape index (κ1) is 21.8. The second-order valence-corrected chi connectivity index (χ2v) is 6.73. The molecule has 0 saturated carbocycles. The number of carbonyl (C=O) groups excluding carboxylic acids is 2. The second-order valence-electron chi connectivity index (χ2n) is 6.73. The van der Waals surface area contributed by atoms with Crippen LogP contribution in [0.15, 0.2) is 72.8 Å². The fourth-order valence-electron chi connectivity index (χ4n) is 2.80. The van der Waals surface area contributed by atoms with Crippen LogP contribution in [0.4, 0.5) is 4.39 Å². The maximum Gasteiger partial charge on any atom is 0.251 e. The van der Waals surface area contributed by atoms with E-state index in [9.17, 15) is 14.0 Å². The van der Waals surface area contributed by atoms with E-state index in [0.717, 1.165) is 11.1 Å². The summed E-state index contributed by atoms with van der Waals surface area (Å²) in [7, 11) is 1.55. The Hall–Kier alpha value is -3.87. The SMILES string of the molecule is COc1cc(CNC(=O)CNC(=O)c2ccc(F)cc2)ccc1OCc1ccccc1. The minimum absolute atomic E-state index is 0.189. The third-order valence-corrected chi connectivity index (χ3v) is 4.47. The van der Waals surface area contributed by atoms with Gasteiger partial charge < -0.3 is 20.1 Å². The number of benzene rings is 3. The summed E-state index contributed by atoms with van der Waals surface area (Å²) >= 11 is 0. The number of amides is 2. The zero-order valence-electron chi connectivity index (χ0n) is 17.1. The Morgan fingerprint density at radius 3 is 2.32 bits per heavy atom. The van der Waals surface area contributed by atoms with Gasteiger partial charge >= 0.3 is 0 Å². The van der Waals surface area contributed by atoms with E-state index in [4.69, 9.17) is 9.47 Å². The Balaban J connectivity index is 1.48. The van der Waals surface area contributed by atoms with Crippen LogP contribution >= 0.6 is 0 Å². The average molecular weight is 422 g/mol. The summed E-state index contributed by atoms with van der Waals surface area (Å²) in [5, 5.41) is 5.23. The summed E-state index contributed by atoms with van der Waals surface area (Å²) in [6, 6.07) is 20.3. The lowest BCUT2D eigenvalue weighted by Gasteiger charge is -2.13. The van der Waals surface area contributed by atoms with Crippen molar-refractivity contribution in [3.63, 3.8) is 0 Å². The van der Waals surface area contributed by atoms with Gasteiger partial charge in [-0.3, -0.25) is 9.59 Å². The second kappa shape index (κ2) is 10.8. The fourth-order valence-corrected chi connectivity index (χ4v) is 2.80. The van der Waals surface area contributed by atoms with Crippen molar-refractivity contribution in [2.75, 3.05) is 13.7 Å². The predicted molar refractivity (Wildman–Crippen MR) is 114 cm³/mol. The summed E-state index contributed by atoms with van der Waals surface area (Å²) in [6.45, 7) is 0.493. The number of nitrogens with one attached hydrogen (secondary N) is 2. The van der Waals surface area contributed by atoms with Crippen LogP contribution in [-0.4, -0.2) is 25.5 Å². The Bertz CT molecular complexity index is 1020. The van der Waals surface area contributed by atoms with Crippen molar-refractivity contribution in [2.45, 2.75) is 13.2 Å². The molecule has 3 aromatic rings. The van der Waals surface area contributed by atoms with Crippen molar-refractivity contribution in [3.8, 4) is 11.5 Å². The lowest BCUT2D eigenvalue weighted by Crippen LogP contribution is -2.36. The monoisotopic (exact) mass is 422 g/mol. The normalized spacial score (nSPS) is 10.3. The summed E-state index contributed by atoms with van der Waals surface area (Å²) in [5.74, 6) is -0.0583. The molecule has 3 aromatic carbocycles. The lowest BCUT2D eigenvalue weighted by atomic mass is 10.2. The molecule has 0 aliphatic carbocycles. The number of hydrogen-bond donors (Lipinski definition) is 2. The Morgan fingerprint density at radius 1 is 0.871 bits per heavy atom. The quantitative estimate of drug-likeness (QED) is 0.554. The molecule has 31 heavy (non-hydrogen) atoms. The number of methoxy groups -OCH3 is 1. The van der Waals surface area contributed by atoms with Gasteiger partial charge in [0.25, 0.3) is 5.91 Å². The highest BCUT2D eigenvalue weighted by Gasteiger charge is 2.10. The van der Waals surface area contributed by atoms with Crippen LogP contribution < -0.4 is 20.1 Å². The molecule has 0 saturated heterocycles. The summed E-state index contributed by atoms with van der Waals surface area (Å²) in [6.07, 6.45) is 0. The third kappa shape index (κ3) is 6.57. The molecule has 7 heteroatoms. The number of hydrogen-bond acceptors (Lipinski definition) is 4. The maximum atomic E-state index is 12.9. The van der Waals surface area contributed by atoms with Crippen LogP contribution in [-0.2, 0) is 17.9 Å². The van der Waals surface area contributed by atoms with E-state index in [1.54, 1.807) is 19.2 Å². The third-order valence-electron chi connectivity index (χ3n) is 4.47. The van der Waals surface area contributed by atoms with E-state index in [0.29, 0.717) is 18.1 Å². The Morgan fingerprint density at radius 2 is 1.61 bits per heavy atom. The van der Waals surface area contributed by atoms with Crippen LogP contribution in [0.5, 0.6) is 11.5 Å². The molecule has 0 aliphatic heterocycles. The van der Waals surface area contributed by atoms with Crippen molar-refractivity contribution < 1.29 is 23.5 Å². The molecule has 0 radical (unpaired) electrons. The molecule has 0 aromatic heterocycles. The largest absolute Gasteiger partial charge is 0.493 e. The van der Waals surface area contributed by atoms with Crippen LogP contribution in [0, 0.1) is 5.82 Å². The Labute approximate surface area is 180 Å². The zero-order chi connectivity index (χ0) is 22.1. The molecule has 0 aliphatic rings. The first-order chi connectivity index (χ1) is 15.0. The molecule has 2 amide bonds. The smallest absolute Gasteiger partial charge is 0.251 e. The standard InChI is InChI=1S/C24H23FN2O4/c1-30-22-13-18(7-12-21(22)31-16-17-5-3-2-4-6-17)14-26-23(28)15-27-24(29)19-8-10-20(25)11-9-19/h2-13H,14-16H2,1H3,(H,26,28)(H,27,29). The van der Waals surface area contributed by atoms with E-state index < -0.39 is 11.7 Å². The van der Waals surface area contributed by atoms with Crippen LogP contribution in [0.2, 0.25) is 0 Å². The fraction of sp³-hybridized carbons (Fsp3) is 0.167. The minimum Gasteiger partial charge on any atom is -0.493 e. The van der Waals surface area contributed by atoms with E-state index in [1.165, 1.54) is 24.3 Å². The molecule has 160 valence electrons. The van der Waals surface area contributed by atoms with Gasteiger partial charge in [-0.25, -0.2) is 4.39 Å². The van der Waals surface area contributed by atoms with E-state index in [-0.39, 0.29) is 24.6 Å². The van der Waals surface area contributed by atoms with E-state index >= 15 is 0 Å². The molecule has 0 bridgehead atoms. The summed E-state index contributed by atoms with van der Waals surface area (Å²) in [4.78, 5) is 24.0. The van der Waals surface area contributed by atoms with Crippen LogP contribution in [0.3, 0.4) is 0 Å². The maximum absolute atomic E-state index is 12.9. The van der Waals surface area contributed by atoms with Gasteiger partial charge in [-0.05, 0) is 47.5 Å². The molecule has 0 fully saturated rings. The lowest BCUT2D eigenvalue weighted by molar-refractivity contribution is -0.120. The number of carbonyl (C=O) groups is 2. The van der Waals surface area contributed by atoms with Gasteiger partial charge in [-0.2, -0.15) is 0 Å². The number of ether oxygens (including phenoxy) is 2. The average Bonchev–Trinajstić information content (AvgIpc) is 2.81. The van der Waals surface area contributed by atoms with Crippen LogP contribution in [0.25, 0.3) is 0 Å². The number of rotatable bonds is 9. The van der Waals surface area contributed by atoms with Gasteiger partial charge in [0, 0.05) is 12.1 Å².